The quantitative estimate of drug-likeness (QED) is 0.641. The van der Waals surface area contributed by atoms with Gasteiger partial charge in [-0.3, -0.25) is 4.79 Å². The molecule has 3 nitrogen and oxygen atoms in total. The molecule has 0 fully saturated rings. The van der Waals surface area contributed by atoms with Crippen molar-refractivity contribution in [1.82, 2.24) is 5.32 Å². The lowest BCUT2D eigenvalue weighted by Crippen LogP contribution is -2.34. The maximum atomic E-state index is 10.3. The van der Waals surface area contributed by atoms with Crippen LogP contribution in [0.15, 0.2) is 0 Å². The normalized spacial score (nSPS) is 13.2. The monoisotopic (exact) mass is 187 g/mol. The summed E-state index contributed by atoms with van der Waals surface area (Å²) in [6.45, 7) is 6.35. The third kappa shape index (κ3) is 7.78. The van der Waals surface area contributed by atoms with Gasteiger partial charge in [0.15, 0.2) is 0 Å². The second-order valence-corrected chi connectivity index (χ2v) is 3.71. The zero-order valence-corrected chi connectivity index (χ0v) is 8.84. The van der Waals surface area contributed by atoms with E-state index in [9.17, 15) is 4.79 Å². The van der Waals surface area contributed by atoms with Gasteiger partial charge >= 0.3 is 5.97 Å². The Morgan fingerprint density at radius 1 is 1.46 bits per heavy atom. The van der Waals surface area contributed by atoms with Crippen molar-refractivity contribution in [2.24, 2.45) is 0 Å². The average Bonchev–Trinajstić information content (AvgIpc) is 2.01. The van der Waals surface area contributed by atoms with Gasteiger partial charge in [0.1, 0.15) is 0 Å². The summed E-state index contributed by atoms with van der Waals surface area (Å²) in [5, 5.41) is 11.9. The Hall–Kier alpha value is -0.570. The van der Waals surface area contributed by atoms with Gasteiger partial charge in [-0.05, 0) is 19.3 Å². The van der Waals surface area contributed by atoms with Crippen molar-refractivity contribution in [3.63, 3.8) is 0 Å². The Bertz CT molecular complexity index is 146. The maximum absolute atomic E-state index is 10.3. The summed E-state index contributed by atoms with van der Waals surface area (Å²) in [5.41, 5.74) is 0. The van der Waals surface area contributed by atoms with Crippen LogP contribution < -0.4 is 5.32 Å². The van der Waals surface area contributed by atoms with Crippen molar-refractivity contribution in [3.8, 4) is 0 Å². The second kappa shape index (κ2) is 6.89. The Labute approximate surface area is 80.5 Å². The molecule has 0 aromatic heterocycles. The molecule has 0 amide bonds. The molecule has 0 spiro atoms. The van der Waals surface area contributed by atoms with Crippen LogP contribution in [-0.2, 0) is 4.79 Å². The van der Waals surface area contributed by atoms with Gasteiger partial charge in [-0.15, -0.1) is 0 Å². The first kappa shape index (κ1) is 12.4. The van der Waals surface area contributed by atoms with Crippen molar-refractivity contribution >= 4 is 5.97 Å². The fourth-order valence-electron chi connectivity index (χ4n) is 1.38. The zero-order chi connectivity index (χ0) is 10.3. The van der Waals surface area contributed by atoms with Crippen LogP contribution in [0.25, 0.3) is 0 Å². The Balaban J connectivity index is 3.53. The number of carboxylic acids is 1. The summed E-state index contributed by atoms with van der Waals surface area (Å²) >= 11 is 0. The van der Waals surface area contributed by atoms with Gasteiger partial charge in [-0.1, -0.05) is 20.8 Å². The SMILES string of the molecule is CCC(CCCC(=O)O)NC(C)C. The lowest BCUT2D eigenvalue weighted by Gasteiger charge is -2.19. The Kier molecular flexibility index (Phi) is 6.59. The van der Waals surface area contributed by atoms with Crippen LogP contribution in [0.2, 0.25) is 0 Å². The van der Waals surface area contributed by atoms with Gasteiger partial charge < -0.3 is 10.4 Å². The Morgan fingerprint density at radius 2 is 2.08 bits per heavy atom. The van der Waals surface area contributed by atoms with E-state index in [1.54, 1.807) is 0 Å². The summed E-state index contributed by atoms with van der Waals surface area (Å²) in [6, 6.07) is 0.953. The smallest absolute Gasteiger partial charge is 0.303 e. The number of hydrogen-bond acceptors (Lipinski definition) is 2. The molecule has 13 heavy (non-hydrogen) atoms. The third-order valence-electron chi connectivity index (χ3n) is 2.01. The fourth-order valence-corrected chi connectivity index (χ4v) is 1.38. The van der Waals surface area contributed by atoms with Crippen LogP contribution in [0.4, 0.5) is 0 Å². The van der Waals surface area contributed by atoms with Gasteiger partial charge in [0.05, 0.1) is 0 Å². The molecule has 0 aliphatic heterocycles. The van der Waals surface area contributed by atoms with Gasteiger partial charge in [-0.25, -0.2) is 0 Å². The molecule has 0 heterocycles. The van der Waals surface area contributed by atoms with Crippen molar-refractivity contribution in [3.05, 3.63) is 0 Å². The highest BCUT2D eigenvalue weighted by atomic mass is 16.4. The number of carbonyl (C=O) groups is 1. The highest BCUT2D eigenvalue weighted by molar-refractivity contribution is 5.66. The van der Waals surface area contributed by atoms with Crippen molar-refractivity contribution in [1.29, 1.82) is 0 Å². The standard InChI is InChI=1S/C10H21NO2/c1-4-9(11-8(2)3)6-5-7-10(12)13/h8-9,11H,4-7H2,1-3H3,(H,12,13). The largest absolute Gasteiger partial charge is 0.481 e. The van der Waals surface area contributed by atoms with Crippen molar-refractivity contribution in [2.75, 3.05) is 0 Å². The van der Waals surface area contributed by atoms with Crippen molar-refractivity contribution < 1.29 is 9.90 Å². The molecule has 0 aliphatic carbocycles. The van der Waals surface area contributed by atoms with Crippen LogP contribution in [-0.4, -0.2) is 23.2 Å². The van der Waals surface area contributed by atoms with Crippen molar-refractivity contribution in [2.45, 2.75) is 58.5 Å². The highest BCUT2D eigenvalue weighted by Gasteiger charge is 2.07. The van der Waals surface area contributed by atoms with E-state index in [0.29, 0.717) is 12.1 Å². The highest BCUT2D eigenvalue weighted by Crippen LogP contribution is 2.05. The van der Waals surface area contributed by atoms with Crippen LogP contribution in [0.5, 0.6) is 0 Å². The first-order chi connectivity index (χ1) is 6.06. The molecule has 0 rings (SSSR count). The average molecular weight is 187 g/mol. The van der Waals surface area contributed by atoms with E-state index >= 15 is 0 Å². The topological polar surface area (TPSA) is 49.3 Å². The molecule has 0 bridgehead atoms. The minimum absolute atomic E-state index is 0.288. The number of hydrogen-bond donors (Lipinski definition) is 2. The fraction of sp³-hybridized carbons (Fsp3) is 0.900. The molecule has 1 atom stereocenters. The van der Waals surface area contributed by atoms with Crippen LogP contribution in [0.1, 0.15) is 46.5 Å². The predicted octanol–water partition coefficient (Wildman–Crippen LogP) is 2.02. The summed E-state index contributed by atoms with van der Waals surface area (Å²) in [7, 11) is 0. The molecule has 0 saturated heterocycles. The molecule has 0 aromatic carbocycles. The molecule has 78 valence electrons. The molecule has 0 aromatic rings. The Morgan fingerprint density at radius 3 is 2.46 bits per heavy atom. The number of nitrogens with one attached hydrogen (secondary N) is 1. The molecule has 3 heteroatoms. The molecule has 2 N–H and O–H groups in total. The van der Waals surface area contributed by atoms with Crippen LogP contribution in [0, 0.1) is 0 Å². The van der Waals surface area contributed by atoms with Crippen LogP contribution in [0.3, 0.4) is 0 Å². The molecule has 0 saturated carbocycles. The van der Waals surface area contributed by atoms with E-state index in [1.165, 1.54) is 0 Å². The second-order valence-electron chi connectivity index (χ2n) is 3.71. The van der Waals surface area contributed by atoms with E-state index in [2.05, 4.69) is 26.1 Å². The minimum atomic E-state index is -0.695. The summed E-state index contributed by atoms with van der Waals surface area (Å²) in [6.07, 6.45) is 3.09. The van der Waals surface area contributed by atoms with Gasteiger partial charge in [0.25, 0.3) is 0 Å². The van der Waals surface area contributed by atoms with E-state index in [4.69, 9.17) is 5.11 Å². The zero-order valence-electron chi connectivity index (χ0n) is 8.84. The summed E-state index contributed by atoms with van der Waals surface area (Å²) < 4.78 is 0. The molecule has 1 unspecified atom stereocenters. The molecule has 0 radical (unpaired) electrons. The third-order valence-corrected chi connectivity index (χ3v) is 2.01. The van der Waals surface area contributed by atoms with E-state index in [-0.39, 0.29) is 6.42 Å². The molecule has 0 aliphatic rings. The van der Waals surface area contributed by atoms with E-state index < -0.39 is 5.97 Å². The summed E-state index contributed by atoms with van der Waals surface area (Å²) in [4.78, 5) is 10.3. The first-order valence-electron chi connectivity index (χ1n) is 5.04. The van der Waals surface area contributed by atoms with E-state index in [1.807, 2.05) is 0 Å². The lowest BCUT2D eigenvalue weighted by molar-refractivity contribution is -0.137. The summed E-state index contributed by atoms with van der Waals surface area (Å²) in [5.74, 6) is -0.695. The lowest BCUT2D eigenvalue weighted by atomic mass is 10.1. The van der Waals surface area contributed by atoms with Gasteiger partial charge in [0.2, 0.25) is 0 Å². The molecular formula is C10H21NO2. The first-order valence-corrected chi connectivity index (χ1v) is 5.04. The predicted molar refractivity (Wildman–Crippen MR) is 53.8 cm³/mol. The number of rotatable bonds is 7. The maximum Gasteiger partial charge on any atom is 0.303 e. The molecular weight excluding hydrogens is 166 g/mol. The van der Waals surface area contributed by atoms with Gasteiger partial charge in [-0.2, -0.15) is 0 Å². The number of aliphatic carboxylic acids is 1. The van der Waals surface area contributed by atoms with Crippen LogP contribution >= 0.6 is 0 Å². The number of carboxylic acid groups (broad SMARTS) is 1. The minimum Gasteiger partial charge on any atom is -0.481 e. The van der Waals surface area contributed by atoms with E-state index in [0.717, 1.165) is 19.3 Å². The van der Waals surface area contributed by atoms with Gasteiger partial charge in [0, 0.05) is 18.5 Å².